The summed E-state index contributed by atoms with van der Waals surface area (Å²) in [4.78, 5) is 0. The Morgan fingerprint density at radius 3 is 1.11 bits per heavy atom. The zero-order chi connectivity index (χ0) is 42.7. The Morgan fingerprint density at radius 2 is 0.597 bits per heavy atom. The maximum Gasteiger partial charge on any atom is -0.00241 e. The number of aryl methyl sites for hydroxylation is 4. The molecule has 0 nitrogen and oxygen atoms in total. The molecule has 0 heterocycles. The molecular formula is C62H52. The van der Waals surface area contributed by atoms with Crippen LogP contribution in [0.4, 0.5) is 0 Å². The van der Waals surface area contributed by atoms with Gasteiger partial charge in [0.2, 0.25) is 0 Å². The van der Waals surface area contributed by atoms with E-state index in [2.05, 4.69) is 237 Å². The largest absolute Gasteiger partial charge is 0.0610 e. The summed E-state index contributed by atoms with van der Waals surface area (Å²) in [6.07, 6.45) is 0. The van der Waals surface area contributed by atoms with E-state index in [0.717, 1.165) is 0 Å². The fraction of sp³-hybridized carbons (Fsp3) is 0.129. The van der Waals surface area contributed by atoms with Crippen LogP contribution in [0.2, 0.25) is 0 Å². The molecule has 0 spiro atoms. The minimum absolute atomic E-state index is 0.285. The monoisotopic (exact) mass is 796 g/mol. The topological polar surface area (TPSA) is 0 Å². The van der Waals surface area contributed by atoms with Crippen molar-refractivity contribution in [2.45, 2.75) is 53.9 Å². The fourth-order valence-electron chi connectivity index (χ4n) is 9.79. The van der Waals surface area contributed by atoms with E-state index in [1.807, 2.05) is 0 Å². The molecule has 13 aromatic carbocycles. The average molecular weight is 797 g/mol. The lowest BCUT2D eigenvalue weighted by Crippen LogP contribution is -2.10. The van der Waals surface area contributed by atoms with E-state index in [4.69, 9.17) is 0 Å². The van der Waals surface area contributed by atoms with Gasteiger partial charge in [-0.15, -0.1) is 0 Å². The number of hydrogen-bond acceptors (Lipinski definition) is 0. The molecule has 0 aliphatic heterocycles. The molecule has 0 saturated heterocycles. The summed E-state index contributed by atoms with van der Waals surface area (Å²) in [5.74, 6) is 0. The first kappa shape index (κ1) is 39.1. The van der Waals surface area contributed by atoms with Crippen LogP contribution in [0.5, 0.6) is 0 Å². The van der Waals surface area contributed by atoms with Crippen LogP contribution in [-0.4, -0.2) is 0 Å². The van der Waals surface area contributed by atoms with E-state index in [0.29, 0.717) is 0 Å². The van der Waals surface area contributed by atoms with Gasteiger partial charge in [0.1, 0.15) is 0 Å². The molecule has 0 saturated carbocycles. The highest BCUT2D eigenvalue weighted by molar-refractivity contribution is 6.25. The number of benzene rings is 13. The molecule has 0 unspecified atom stereocenters. The number of hydrogen-bond donors (Lipinski definition) is 0. The smallest absolute Gasteiger partial charge is 0.00241 e. The summed E-state index contributed by atoms with van der Waals surface area (Å²) in [5, 5.41) is 24.7. The maximum atomic E-state index is 2.30. The summed E-state index contributed by atoms with van der Waals surface area (Å²) in [6, 6.07) is 68.5. The molecule has 13 aromatic rings. The molecular weight excluding hydrogens is 745 g/mol. The Labute approximate surface area is 365 Å². The lowest BCUT2D eigenvalue weighted by Gasteiger charge is -2.18. The van der Waals surface area contributed by atoms with Crippen LogP contribution in [0.1, 0.15) is 48.6 Å². The molecule has 0 atom stereocenters. The maximum absolute atomic E-state index is 2.30. The Hall–Kier alpha value is -7.02. The molecule has 0 aromatic heterocycles. The lowest BCUT2D eigenvalue weighted by atomic mass is 9.87. The van der Waals surface area contributed by atoms with E-state index in [9.17, 15) is 0 Å². The molecule has 0 amide bonds. The van der Waals surface area contributed by atoms with Gasteiger partial charge in [-0.05, 0) is 152 Å². The summed E-state index contributed by atoms with van der Waals surface area (Å²) in [6.45, 7) is 15.4. The minimum Gasteiger partial charge on any atom is -0.0610 e. The highest BCUT2D eigenvalue weighted by Gasteiger charge is 2.13. The Kier molecular flexibility index (Phi) is 9.76. The second kappa shape index (κ2) is 15.5. The molecule has 13 rings (SSSR count). The molecule has 0 aliphatic rings. The second-order valence-corrected chi connectivity index (χ2v) is 18.4. The standard InChI is InChI=1S/3C17H12.C11H16/c1-11-10-14-6-2-4-12-8-9-13-5-3-7-15(11)17(13)16(12)14;1-11-9-14-7-5-12-3-2-4-13-6-8-15(10-11)17(14)16(12)13;1-11-5-6-14-8-7-12-3-2-4-13-9-10-15(11)17(14)16(12)13;1-9-5-7-10(8-6-9)11(2,3)4/h3*2-10H,1H3;5-8H,1-4H3. The van der Waals surface area contributed by atoms with Crippen LogP contribution >= 0.6 is 0 Å². The summed E-state index contributed by atoms with van der Waals surface area (Å²) < 4.78 is 0. The van der Waals surface area contributed by atoms with Gasteiger partial charge in [0.25, 0.3) is 0 Å². The van der Waals surface area contributed by atoms with Crippen LogP contribution < -0.4 is 0 Å². The zero-order valence-corrected chi connectivity index (χ0v) is 36.9. The third-order valence-electron chi connectivity index (χ3n) is 13.0. The van der Waals surface area contributed by atoms with Crippen molar-refractivity contribution < 1.29 is 0 Å². The van der Waals surface area contributed by atoms with E-state index >= 15 is 0 Å². The Balaban J connectivity index is 0.0000001000. The van der Waals surface area contributed by atoms with Crippen molar-refractivity contribution in [3.63, 3.8) is 0 Å². The predicted molar refractivity (Wildman–Crippen MR) is 275 cm³/mol. The zero-order valence-electron chi connectivity index (χ0n) is 36.9. The van der Waals surface area contributed by atoms with Crippen LogP contribution in [0, 0.1) is 27.7 Å². The summed E-state index contributed by atoms with van der Waals surface area (Å²) in [7, 11) is 0. The molecule has 62 heavy (non-hydrogen) atoms. The van der Waals surface area contributed by atoms with Crippen LogP contribution in [-0.2, 0) is 5.41 Å². The van der Waals surface area contributed by atoms with E-state index < -0.39 is 0 Å². The van der Waals surface area contributed by atoms with Crippen molar-refractivity contribution in [1.82, 2.24) is 0 Å². The Morgan fingerprint density at radius 1 is 0.258 bits per heavy atom. The Bertz CT molecular complexity index is 3550. The van der Waals surface area contributed by atoms with Gasteiger partial charge in [0.15, 0.2) is 0 Å². The SMILES string of the molecule is Cc1cc2ccc3cccc4ccc(c1)c2c34.Cc1cc2cccc3ccc4cccc1c4c32.Cc1ccc(C(C)(C)C)cc1.Cc1ccc2ccc3cccc4ccc1c2c34. The molecule has 0 heteroatoms. The van der Waals surface area contributed by atoms with Crippen LogP contribution in [0.25, 0.3) is 97.0 Å². The third-order valence-corrected chi connectivity index (χ3v) is 13.0. The lowest BCUT2D eigenvalue weighted by molar-refractivity contribution is 0.590. The highest BCUT2D eigenvalue weighted by atomic mass is 14.2. The van der Waals surface area contributed by atoms with Gasteiger partial charge in [-0.1, -0.05) is 214 Å². The molecule has 0 fully saturated rings. The van der Waals surface area contributed by atoms with Gasteiger partial charge in [0, 0.05) is 0 Å². The average Bonchev–Trinajstić information content (AvgIpc) is 3.28. The second-order valence-electron chi connectivity index (χ2n) is 18.4. The fourth-order valence-corrected chi connectivity index (χ4v) is 9.79. The van der Waals surface area contributed by atoms with Crippen molar-refractivity contribution in [2.24, 2.45) is 0 Å². The van der Waals surface area contributed by atoms with E-state index in [1.54, 1.807) is 0 Å². The van der Waals surface area contributed by atoms with Gasteiger partial charge < -0.3 is 0 Å². The minimum atomic E-state index is 0.285. The van der Waals surface area contributed by atoms with Crippen LogP contribution in [0.3, 0.4) is 0 Å². The van der Waals surface area contributed by atoms with Crippen LogP contribution in [0.15, 0.2) is 188 Å². The first-order chi connectivity index (χ1) is 30.0. The molecule has 300 valence electrons. The van der Waals surface area contributed by atoms with Gasteiger partial charge in [0.05, 0.1) is 0 Å². The highest BCUT2D eigenvalue weighted by Crippen LogP contribution is 2.38. The summed E-state index contributed by atoms with van der Waals surface area (Å²) in [5.41, 5.74) is 7.07. The van der Waals surface area contributed by atoms with Crippen molar-refractivity contribution in [3.05, 3.63) is 216 Å². The van der Waals surface area contributed by atoms with Gasteiger partial charge in [-0.3, -0.25) is 0 Å². The van der Waals surface area contributed by atoms with Crippen molar-refractivity contribution in [3.8, 4) is 0 Å². The van der Waals surface area contributed by atoms with Crippen molar-refractivity contribution in [2.75, 3.05) is 0 Å². The van der Waals surface area contributed by atoms with E-state index in [1.165, 1.54) is 125 Å². The molecule has 0 aliphatic carbocycles. The van der Waals surface area contributed by atoms with Gasteiger partial charge >= 0.3 is 0 Å². The first-order valence-electron chi connectivity index (χ1n) is 22.0. The number of rotatable bonds is 0. The normalized spacial score (nSPS) is 11.8. The molecule has 0 radical (unpaired) electrons. The van der Waals surface area contributed by atoms with Crippen molar-refractivity contribution in [1.29, 1.82) is 0 Å². The predicted octanol–water partition coefficient (Wildman–Crippen LogP) is 18.0. The van der Waals surface area contributed by atoms with Gasteiger partial charge in [-0.2, -0.15) is 0 Å². The van der Waals surface area contributed by atoms with Gasteiger partial charge in [-0.25, -0.2) is 0 Å². The summed E-state index contributed by atoms with van der Waals surface area (Å²) >= 11 is 0. The van der Waals surface area contributed by atoms with Crippen molar-refractivity contribution >= 4 is 97.0 Å². The quantitative estimate of drug-likeness (QED) is 0.134. The molecule has 0 bridgehead atoms. The first-order valence-corrected chi connectivity index (χ1v) is 22.0. The third kappa shape index (κ3) is 7.00. The molecule has 0 N–H and O–H groups in total. The van der Waals surface area contributed by atoms with E-state index in [-0.39, 0.29) is 5.41 Å².